The minimum Gasteiger partial charge on any atom is -0.478 e. The summed E-state index contributed by atoms with van der Waals surface area (Å²) in [4.78, 5) is 56.3. The molecule has 4 N–H and O–H groups in total. The van der Waals surface area contributed by atoms with E-state index in [1.807, 2.05) is 34.9 Å². The molecule has 0 saturated heterocycles. The van der Waals surface area contributed by atoms with Crippen molar-refractivity contribution in [1.29, 1.82) is 0 Å². The number of nitrogens with one attached hydrogen (secondary N) is 3. The van der Waals surface area contributed by atoms with Crippen LogP contribution in [0.4, 0.5) is 11.4 Å². The molecule has 47 heavy (non-hydrogen) atoms. The first-order chi connectivity index (χ1) is 22.8. The number of amides is 3. The number of nitrogens with zero attached hydrogens (tertiary/aromatic N) is 2. The molecular weight excluding hydrogens is 594 g/mol. The van der Waals surface area contributed by atoms with Crippen molar-refractivity contribution in [3.63, 3.8) is 0 Å². The summed E-state index contributed by atoms with van der Waals surface area (Å²) < 4.78 is 2.01. The first-order valence-electron chi connectivity index (χ1n) is 16.4. The Morgan fingerprint density at radius 2 is 1.74 bits per heavy atom. The monoisotopic (exact) mass is 631 g/mol. The van der Waals surface area contributed by atoms with Crippen molar-refractivity contribution in [2.45, 2.75) is 75.8 Å². The second-order valence-corrected chi connectivity index (χ2v) is 12.9. The Labute approximate surface area is 272 Å². The molecule has 3 heterocycles. The summed E-state index contributed by atoms with van der Waals surface area (Å²) in [6.45, 7) is 0.108. The highest BCUT2D eigenvalue weighted by atomic mass is 16.4. The third-order valence-corrected chi connectivity index (χ3v) is 9.82. The number of rotatable bonds is 7. The summed E-state index contributed by atoms with van der Waals surface area (Å²) in [6.07, 6.45) is 12.6. The van der Waals surface area contributed by atoms with Gasteiger partial charge in [-0.15, -0.1) is 0 Å². The molecule has 2 aromatic heterocycles. The highest BCUT2D eigenvalue weighted by Crippen LogP contribution is 2.46. The van der Waals surface area contributed by atoms with Crippen LogP contribution in [0, 0.1) is 0 Å². The van der Waals surface area contributed by atoms with Crippen molar-refractivity contribution in [3.05, 3.63) is 83.6 Å². The number of carboxylic acid groups (broad SMARTS) is 1. The molecule has 240 valence electrons. The molecule has 0 bridgehead atoms. The number of aromatic nitrogens is 2. The number of hydrogen-bond acceptors (Lipinski definition) is 5. The van der Waals surface area contributed by atoms with Crippen LogP contribution in [0.25, 0.3) is 28.4 Å². The summed E-state index contributed by atoms with van der Waals surface area (Å²) in [5.41, 5.74) is 4.98. The topological polar surface area (TPSA) is 142 Å². The van der Waals surface area contributed by atoms with E-state index in [0.717, 1.165) is 66.9 Å². The highest BCUT2D eigenvalue weighted by Gasteiger charge is 2.43. The van der Waals surface area contributed by atoms with Gasteiger partial charge in [-0.2, -0.15) is 0 Å². The number of hydrogen-bond donors (Lipinski definition) is 4. The third-order valence-electron chi connectivity index (χ3n) is 9.82. The number of carbonyl (C=O) groups excluding carboxylic acids is 3. The van der Waals surface area contributed by atoms with Gasteiger partial charge in [0.2, 0.25) is 11.8 Å². The van der Waals surface area contributed by atoms with Crippen molar-refractivity contribution in [1.82, 2.24) is 14.9 Å². The Bertz CT molecular complexity index is 1910. The molecule has 0 unspecified atom stereocenters. The third kappa shape index (κ3) is 5.91. The second kappa shape index (κ2) is 12.5. The predicted molar refractivity (Wildman–Crippen MR) is 180 cm³/mol. The molecule has 7 rings (SSSR count). The lowest BCUT2D eigenvalue weighted by Gasteiger charge is -2.29. The molecule has 2 aliphatic carbocycles. The molecule has 3 amide bonds. The number of anilines is 2. The lowest BCUT2D eigenvalue weighted by Crippen LogP contribution is -2.55. The standard InChI is InChI=1S/C37H37N5O5/c43-30-22-42-29-21-25(13-16-27(29)32(24-7-2-1-3-8-24)34(42)33-28(40-30)9-6-20-38-33)35(46)41-37(18-4-5-19-37)36(47)39-26-14-10-23(11-15-26)12-17-31(44)45/h6,9-17,20-21,24H,1-5,7-8,18-19,22H2,(H,39,47)(H,40,43)(H,41,46)(H,44,45). The van der Waals surface area contributed by atoms with E-state index >= 15 is 0 Å². The van der Waals surface area contributed by atoms with Crippen LogP contribution in [-0.4, -0.2) is 43.9 Å². The average molecular weight is 632 g/mol. The maximum Gasteiger partial charge on any atom is 0.328 e. The molecule has 2 saturated carbocycles. The SMILES string of the molecule is O=C(O)C=Cc1ccc(NC(=O)C2(NC(=O)c3ccc4c(C5CCCCC5)c5n(c4c3)CC(=O)Nc3cccnc3-5)CCCC2)cc1. The molecule has 0 spiro atoms. The van der Waals surface area contributed by atoms with Gasteiger partial charge in [0.15, 0.2) is 0 Å². The van der Waals surface area contributed by atoms with Crippen LogP contribution < -0.4 is 16.0 Å². The first-order valence-corrected chi connectivity index (χ1v) is 16.4. The van der Waals surface area contributed by atoms with Crippen LogP contribution in [0.1, 0.15) is 85.2 Å². The van der Waals surface area contributed by atoms with Crippen molar-refractivity contribution in [2.75, 3.05) is 10.6 Å². The summed E-state index contributed by atoms with van der Waals surface area (Å²) >= 11 is 0. The summed E-state index contributed by atoms with van der Waals surface area (Å²) in [5, 5.41) is 19.0. The van der Waals surface area contributed by atoms with Crippen LogP contribution in [0.15, 0.2) is 66.9 Å². The minimum absolute atomic E-state index is 0.108. The maximum absolute atomic E-state index is 13.9. The van der Waals surface area contributed by atoms with Crippen molar-refractivity contribution < 1.29 is 24.3 Å². The molecule has 1 aliphatic heterocycles. The van der Waals surface area contributed by atoms with E-state index < -0.39 is 11.5 Å². The zero-order valence-electron chi connectivity index (χ0n) is 26.1. The molecule has 10 heteroatoms. The lowest BCUT2D eigenvalue weighted by atomic mass is 9.82. The van der Waals surface area contributed by atoms with Gasteiger partial charge in [0.1, 0.15) is 17.8 Å². The molecule has 10 nitrogen and oxygen atoms in total. The zero-order chi connectivity index (χ0) is 32.5. The largest absolute Gasteiger partial charge is 0.478 e. The number of aliphatic carboxylic acids is 1. The van der Waals surface area contributed by atoms with Gasteiger partial charge in [0, 0.05) is 28.9 Å². The molecule has 0 radical (unpaired) electrons. The Morgan fingerprint density at radius 3 is 2.49 bits per heavy atom. The number of fused-ring (bicyclic) bond motifs is 5. The Hall–Kier alpha value is -5.25. The number of benzene rings is 2. The van der Waals surface area contributed by atoms with Gasteiger partial charge in [-0.05, 0) is 85.2 Å². The predicted octanol–water partition coefficient (Wildman–Crippen LogP) is 6.48. The Balaban J connectivity index is 1.21. The van der Waals surface area contributed by atoms with Crippen molar-refractivity contribution in [2.24, 2.45) is 0 Å². The van der Waals surface area contributed by atoms with Gasteiger partial charge in [0.25, 0.3) is 5.91 Å². The number of pyridine rings is 1. The van der Waals surface area contributed by atoms with E-state index in [1.165, 1.54) is 18.1 Å². The van der Waals surface area contributed by atoms with Gasteiger partial charge >= 0.3 is 5.97 Å². The quantitative estimate of drug-likeness (QED) is 0.172. The number of carboxylic acids is 1. The molecule has 0 atom stereocenters. The summed E-state index contributed by atoms with van der Waals surface area (Å²) in [6, 6.07) is 16.3. The van der Waals surface area contributed by atoms with Crippen molar-refractivity contribution in [3.8, 4) is 11.4 Å². The molecule has 4 aromatic rings. The van der Waals surface area contributed by atoms with Crippen LogP contribution >= 0.6 is 0 Å². The number of carbonyl (C=O) groups is 4. The van der Waals surface area contributed by atoms with E-state index in [1.54, 1.807) is 30.5 Å². The molecule has 2 fully saturated rings. The smallest absolute Gasteiger partial charge is 0.328 e. The molecular formula is C37H37N5O5. The Morgan fingerprint density at radius 1 is 0.979 bits per heavy atom. The first kappa shape index (κ1) is 30.4. The van der Waals surface area contributed by atoms with Gasteiger partial charge < -0.3 is 25.6 Å². The zero-order valence-corrected chi connectivity index (χ0v) is 26.1. The molecule has 3 aliphatic rings. The van der Waals surface area contributed by atoms with E-state index in [9.17, 15) is 19.2 Å². The summed E-state index contributed by atoms with van der Waals surface area (Å²) in [7, 11) is 0. The van der Waals surface area contributed by atoms with Crippen molar-refractivity contribution >= 4 is 52.0 Å². The highest BCUT2D eigenvalue weighted by molar-refractivity contribution is 6.07. The fourth-order valence-corrected chi connectivity index (χ4v) is 7.54. The van der Waals surface area contributed by atoms with E-state index in [4.69, 9.17) is 10.1 Å². The van der Waals surface area contributed by atoms with E-state index in [2.05, 4.69) is 16.0 Å². The van der Waals surface area contributed by atoms with Gasteiger partial charge in [-0.1, -0.05) is 50.3 Å². The fraction of sp³-hybridized carbons (Fsp3) is 0.324. The lowest BCUT2D eigenvalue weighted by molar-refractivity contribution is -0.131. The fourth-order valence-electron chi connectivity index (χ4n) is 7.54. The van der Waals surface area contributed by atoms with Gasteiger partial charge in [0.05, 0.1) is 16.9 Å². The average Bonchev–Trinajstić information content (AvgIpc) is 3.64. The van der Waals surface area contributed by atoms with Gasteiger partial charge in [-0.25, -0.2) is 4.79 Å². The van der Waals surface area contributed by atoms with Crippen LogP contribution in [0.2, 0.25) is 0 Å². The maximum atomic E-state index is 13.9. The second-order valence-electron chi connectivity index (χ2n) is 12.9. The van der Waals surface area contributed by atoms with E-state index in [-0.39, 0.29) is 24.3 Å². The Kier molecular flexibility index (Phi) is 8.09. The van der Waals surface area contributed by atoms with Crippen LogP contribution in [0.5, 0.6) is 0 Å². The summed E-state index contributed by atoms with van der Waals surface area (Å²) in [5.74, 6) is -1.48. The minimum atomic E-state index is -1.07. The molecule has 2 aromatic carbocycles. The van der Waals surface area contributed by atoms with Crippen LogP contribution in [-0.2, 0) is 20.9 Å². The van der Waals surface area contributed by atoms with E-state index in [0.29, 0.717) is 41.3 Å². The van der Waals surface area contributed by atoms with Crippen LogP contribution in [0.3, 0.4) is 0 Å². The normalized spacial score (nSPS) is 17.5. The van der Waals surface area contributed by atoms with Gasteiger partial charge in [-0.3, -0.25) is 19.4 Å².